The molecule has 1 aliphatic heterocycles. The van der Waals surface area contributed by atoms with Crippen molar-refractivity contribution in [1.29, 1.82) is 0 Å². The van der Waals surface area contributed by atoms with Crippen molar-refractivity contribution in [2.24, 2.45) is 13.0 Å². The van der Waals surface area contributed by atoms with Gasteiger partial charge in [-0.2, -0.15) is 5.10 Å². The van der Waals surface area contributed by atoms with E-state index in [1.165, 1.54) is 17.7 Å². The van der Waals surface area contributed by atoms with E-state index in [0.29, 0.717) is 5.92 Å². The lowest BCUT2D eigenvalue weighted by Gasteiger charge is -2.32. The monoisotopic (exact) mass is 351 g/mol. The lowest BCUT2D eigenvalue weighted by molar-refractivity contribution is -0.0323. The minimum absolute atomic E-state index is 0.118. The molecule has 0 unspecified atom stereocenters. The smallest absolute Gasteiger partial charge is 0.103 e. The zero-order chi connectivity index (χ0) is 17.8. The van der Waals surface area contributed by atoms with E-state index in [9.17, 15) is 0 Å². The van der Waals surface area contributed by atoms with E-state index in [-0.39, 0.29) is 6.10 Å². The number of hydrogen-bond acceptors (Lipinski definition) is 4. The lowest BCUT2D eigenvalue weighted by Crippen LogP contribution is -2.32. The van der Waals surface area contributed by atoms with Crippen LogP contribution in [-0.2, 0) is 18.3 Å². The average molecular weight is 351 g/mol. The van der Waals surface area contributed by atoms with Crippen LogP contribution in [0.4, 0.5) is 0 Å². The Morgan fingerprint density at radius 2 is 2.15 bits per heavy atom. The number of imidazole rings is 1. The third-order valence-corrected chi connectivity index (χ3v) is 5.09. The Morgan fingerprint density at radius 1 is 1.23 bits per heavy atom. The number of aromatic nitrogens is 4. The van der Waals surface area contributed by atoms with Gasteiger partial charge in [-0.15, -0.1) is 0 Å². The van der Waals surface area contributed by atoms with E-state index in [4.69, 9.17) is 4.74 Å². The maximum Gasteiger partial charge on any atom is 0.103 e. The van der Waals surface area contributed by atoms with Crippen molar-refractivity contribution in [1.82, 2.24) is 24.6 Å². The van der Waals surface area contributed by atoms with Crippen LogP contribution < -0.4 is 5.32 Å². The van der Waals surface area contributed by atoms with E-state index < -0.39 is 0 Å². The van der Waals surface area contributed by atoms with Crippen molar-refractivity contribution in [2.75, 3.05) is 13.2 Å². The first-order valence-electron chi connectivity index (χ1n) is 9.19. The molecule has 136 valence electrons. The molecule has 0 aliphatic carbocycles. The molecule has 0 bridgehead atoms. The maximum atomic E-state index is 6.09. The summed E-state index contributed by atoms with van der Waals surface area (Å²) >= 11 is 0. The van der Waals surface area contributed by atoms with Crippen molar-refractivity contribution < 1.29 is 4.74 Å². The van der Waals surface area contributed by atoms with E-state index in [1.807, 2.05) is 36.6 Å². The van der Waals surface area contributed by atoms with Gasteiger partial charge >= 0.3 is 0 Å². The number of ether oxygens (including phenoxy) is 1. The van der Waals surface area contributed by atoms with Crippen LogP contribution in [0.25, 0.3) is 5.69 Å². The molecule has 1 aliphatic rings. The zero-order valence-electron chi connectivity index (χ0n) is 15.1. The summed E-state index contributed by atoms with van der Waals surface area (Å²) in [5, 5.41) is 7.94. The molecule has 26 heavy (non-hydrogen) atoms. The van der Waals surface area contributed by atoms with Gasteiger partial charge in [0, 0.05) is 51.3 Å². The SMILES string of the molecule is Cn1nccc1[C@@H]1OCCC[C@H]1CNCc1ccccc1-n1ccnc1. The van der Waals surface area contributed by atoms with Gasteiger partial charge in [0.2, 0.25) is 0 Å². The molecule has 0 amide bonds. The third-order valence-electron chi connectivity index (χ3n) is 5.09. The summed E-state index contributed by atoms with van der Waals surface area (Å²) in [6, 6.07) is 10.5. The van der Waals surface area contributed by atoms with Gasteiger partial charge in [0.25, 0.3) is 0 Å². The van der Waals surface area contributed by atoms with Gasteiger partial charge in [-0.1, -0.05) is 18.2 Å². The summed E-state index contributed by atoms with van der Waals surface area (Å²) in [6.45, 7) is 2.58. The van der Waals surface area contributed by atoms with Crippen molar-refractivity contribution in [3.63, 3.8) is 0 Å². The molecule has 1 N–H and O–H groups in total. The Morgan fingerprint density at radius 3 is 2.96 bits per heavy atom. The van der Waals surface area contributed by atoms with Crippen LogP contribution in [0, 0.1) is 5.92 Å². The molecule has 1 aromatic carbocycles. The van der Waals surface area contributed by atoms with Crippen LogP contribution in [0.5, 0.6) is 0 Å². The van der Waals surface area contributed by atoms with Crippen LogP contribution >= 0.6 is 0 Å². The molecule has 4 rings (SSSR count). The second-order valence-corrected chi connectivity index (χ2v) is 6.80. The first kappa shape index (κ1) is 17.0. The standard InChI is InChI=1S/C20H25N5O/c1-24-19(8-9-23-24)20-17(6-4-12-26-20)14-22-13-16-5-2-3-7-18(16)25-11-10-21-15-25/h2-3,5,7-11,15,17,20,22H,4,6,12-14H2,1H3/t17-,20+/m0/s1. The van der Waals surface area contributed by atoms with Gasteiger partial charge < -0.3 is 14.6 Å². The number of hydrogen-bond donors (Lipinski definition) is 1. The van der Waals surface area contributed by atoms with Gasteiger partial charge in [0.05, 0.1) is 17.7 Å². The Labute approximate surface area is 153 Å². The predicted molar refractivity (Wildman–Crippen MR) is 99.9 cm³/mol. The number of aryl methyl sites for hydroxylation is 1. The largest absolute Gasteiger partial charge is 0.372 e. The summed E-state index contributed by atoms with van der Waals surface area (Å²) in [6.07, 6.45) is 9.88. The molecule has 0 radical (unpaired) electrons. The second-order valence-electron chi connectivity index (χ2n) is 6.80. The number of rotatable bonds is 6. The molecule has 1 saturated heterocycles. The highest BCUT2D eigenvalue weighted by Gasteiger charge is 2.29. The quantitative estimate of drug-likeness (QED) is 0.742. The molecule has 6 heteroatoms. The van der Waals surface area contributed by atoms with Crippen molar-refractivity contribution in [3.8, 4) is 5.69 Å². The maximum absolute atomic E-state index is 6.09. The van der Waals surface area contributed by atoms with Crippen LogP contribution in [0.2, 0.25) is 0 Å². The highest BCUT2D eigenvalue weighted by Crippen LogP contribution is 2.32. The first-order chi connectivity index (χ1) is 12.8. The van der Waals surface area contributed by atoms with E-state index in [1.54, 1.807) is 0 Å². The fourth-order valence-corrected chi connectivity index (χ4v) is 3.75. The van der Waals surface area contributed by atoms with Crippen LogP contribution in [0.1, 0.15) is 30.2 Å². The lowest BCUT2D eigenvalue weighted by atomic mass is 9.92. The Hall–Kier alpha value is -2.44. The molecule has 0 spiro atoms. The topological polar surface area (TPSA) is 56.9 Å². The minimum Gasteiger partial charge on any atom is -0.372 e. The molecule has 2 atom stereocenters. The fraction of sp³-hybridized carbons (Fsp3) is 0.400. The Kier molecular flexibility index (Phi) is 5.13. The summed E-state index contributed by atoms with van der Waals surface area (Å²) in [7, 11) is 1.99. The molecule has 2 aromatic heterocycles. The van der Waals surface area contributed by atoms with Crippen LogP contribution in [0.15, 0.2) is 55.2 Å². The predicted octanol–water partition coefficient (Wildman–Crippen LogP) is 2.86. The molecule has 3 heterocycles. The van der Waals surface area contributed by atoms with Gasteiger partial charge in [-0.3, -0.25) is 4.68 Å². The van der Waals surface area contributed by atoms with Gasteiger partial charge in [-0.25, -0.2) is 4.98 Å². The average Bonchev–Trinajstić information content (AvgIpc) is 3.34. The Bertz CT molecular complexity index is 826. The van der Waals surface area contributed by atoms with E-state index >= 15 is 0 Å². The molecule has 1 fully saturated rings. The first-order valence-corrected chi connectivity index (χ1v) is 9.19. The highest BCUT2D eigenvalue weighted by molar-refractivity contribution is 5.40. The summed E-state index contributed by atoms with van der Waals surface area (Å²) < 4.78 is 10.1. The minimum atomic E-state index is 0.118. The van der Waals surface area contributed by atoms with Crippen molar-refractivity contribution in [2.45, 2.75) is 25.5 Å². The van der Waals surface area contributed by atoms with Gasteiger partial charge in [0.15, 0.2) is 0 Å². The third kappa shape index (κ3) is 3.57. The molecule has 0 saturated carbocycles. The Balaban J connectivity index is 1.42. The molecule has 6 nitrogen and oxygen atoms in total. The normalized spacial score (nSPS) is 20.3. The second kappa shape index (κ2) is 7.85. The van der Waals surface area contributed by atoms with E-state index in [0.717, 1.165) is 31.8 Å². The fourth-order valence-electron chi connectivity index (χ4n) is 3.75. The van der Waals surface area contributed by atoms with Crippen molar-refractivity contribution >= 4 is 0 Å². The van der Waals surface area contributed by atoms with Crippen molar-refractivity contribution in [3.05, 3.63) is 66.5 Å². The molecular formula is C20H25N5O. The van der Waals surface area contributed by atoms with Crippen LogP contribution in [-0.4, -0.2) is 32.5 Å². The summed E-state index contributed by atoms with van der Waals surface area (Å²) in [5.41, 5.74) is 3.59. The van der Waals surface area contributed by atoms with Crippen LogP contribution in [0.3, 0.4) is 0 Å². The van der Waals surface area contributed by atoms with Gasteiger partial charge in [-0.05, 0) is 30.5 Å². The number of nitrogens with zero attached hydrogens (tertiary/aromatic N) is 4. The number of nitrogens with one attached hydrogen (secondary N) is 1. The van der Waals surface area contributed by atoms with E-state index in [2.05, 4.69) is 50.3 Å². The zero-order valence-corrected chi connectivity index (χ0v) is 15.1. The number of benzene rings is 1. The van der Waals surface area contributed by atoms with Gasteiger partial charge in [0.1, 0.15) is 6.10 Å². The summed E-state index contributed by atoms with van der Waals surface area (Å²) in [4.78, 5) is 4.16. The molecule has 3 aromatic rings. The molecular weight excluding hydrogens is 326 g/mol. The number of para-hydroxylation sites is 1. The highest BCUT2D eigenvalue weighted by atomic mass is 16.5. The summed E-state index contributed by atoms with van der Waals surface area (Å²) in [5.74, 6) is 0.458.